The summed E-state index contributed by atoms with van der Waals surface area (Å²) in [6.07, 6.45) is 3.21. The fraction of sp³-hybridized carbons (Fsp3) is 0.750. The average molecular weight is 438 g/mol. The van der Waals surface area contributed by atoms with Gasteiger partial charge >= 0.3 is 5.97 Å². The van der Waals surface area contributed by atoms with Crippen LogP contribution in [0.25, 0.3) is 0 Å². The third kappa shape index (κ3) is 3.58. The molecule has 0 aromatic rings. The number of thioether (sulfide) groups is 1. The number of aliphatic hydroxyl groups excluding tert-OH is 1. The highest BCUT2D eigenvalue weighted by Gasteiger charge is 2.60. The van der Waals surface area contributed by atoms with Gasteiger partial charge in [-0.05, 0) is 32.6 Å². The Morgan fingerprint density at radius 3 is 2.67 bits per heavy atom. The van der Waals surface area contributed by atoms with E-state index in [1.165, 1.54) is 4.90 Å². The van der Waals surface area contributed by atoms with Crippen molar-refractivity contribution in [3.8, 4) is 0 Å². The Hall–Kier alpha value is -1.78. The molecule has 0 radical (unpaired) electrons. The Morgan fingerprint density at radius 1 is 1.37 bits per heavy atom. The van der Waals surface area contributed by atoms with E-state index in [2.05, 4.69) is 5.32 Å². The first-order valence-corrected chi connectivity index (χ1v) is 11.6. The Balaban J connectivity index is 1.35. The number of nitrogens with zero attached hydrogens (tertiary/aromatic N) is 2. The van der Waals surface area contributed by atoms with Gasteiger partial charge in [-0.1, -0.05) is 6.92 Å². The summed E-state index contributed by atoms with van der Waals surface area (Å²) in [5, 5.41) is 31.3. The Bertz CT molecular complexity index is 781. The number of hydrogen-bond donors (Lipinski definition) is 5. The molecule has 1 saturated carbocycles. The third-order valence-corrected chi connectivity index (χ3v) is 8.47. The first-order valence-electron chi connectivity index (χ1n) is 10.7. The molecule has 0 unspecified atom stereocenters. The number of amides is 1. The van der Waals surface area contributed by atoms with Crippen molar-refractivity contribution in [2.24, 2.45) is 17.6 Å². The van der Waals surface area contributed by atoms with E-state index < -0.39 is 18.0 Å². The second-order valence-electron chi connectivity index (χ2n) is 9.02. The molecule has 1 amide bonds. The Kier molecular flexibility index (Phi) is 5.75. The second kappa shape index (κ2) is 8.05. The van der Waals surface area contributed by atoms with Gasteiger partial charge in [0, 0.05) is 41.2 Å². The van der Waals surface area contributed by atoms with Crippen LogP contribution in [0, 0.1) is 17.2 Å². The SMILES string of the molecule is C[C@@H](O)[C@H]1C(=O)N2C(C(=O)O)=C(S[C@H]3C[C@@H](N[C@H]4CCCN(C(=N)N)C4)C3)[C@H](C)[C@H]12. The monoisotopic (exact) mass is 437 g/mol. The van der Waals surface area contributed by atoms with E-state index in [0.717, 1.165) is 43.7 Å². The zero-order chi connectivity index (χ0) is 21.7. The van der Waals surface area contributed by atoms with Crippen LogP contribution in [0.5, 0.6) is 0 Å². The molecule has 6 N–H and O–H groups in total. The number of guanidine groups is 1. The fourth-order valence-corrected chi connectivity index (χ4v) is 6.99. The molecule has 3 fully saturated rings. The van der Waals surface area contributed by atoms with E-state index in [0.29, 0.717) is 17.3 Å². The van der Waals surface area contributed by atoms with E-state index in [1.807, 2.05) is 11.8 Å². The molecule has 3 aliphatic heterocycles. The number of carboxylic acid groups (broad SMARTS) is 1. The summed E-state index contributed by atoms with van der Waals surface area (Å²) in [6.45, 7) is 5.16. The number of carbonyl (C=O) groups excluding carboxylic acids is 1. The molecule has 1 aliphatic carbocycles. The standard InChI is InChI=1S/C20H31N5O4S/c1-9-15-14(10(2)26)18(27)25(15)16(19(28)29)17(9)30-13-6-12(7-13)23-11-4-3-5-24(8-11)20(21)22/h9-15,23,26H,3-8H2,1-2H3,(H3,21,22)(H,28,29)/t9-,10-,11+,12-,13+,14-,15-/m1/s1. The van der Waals surface area contributed by atoms with Crippen LogP contribution in [0.1, 0.15) is 39.5 Å². The Morgan fingerprint density at radius 2 is 2.07 bits per heavy atom. The summed E-state index contributed by atoms with van der Waals surface area (Å²) >= 11 is 1.59. The molecule has 0 aromatic carbocycles. The van der Waals surface area contributed by atoms with Crippen LogP contribution in [0.4, 0.5) is 0 Å². The van der Waals surface area contributed by atoms with Crippen molar-refractivity contribution in [3.05, 3.63) is 10.6 Å². The smallest absolute Gasteiger partial charge is 0.353 e. The summed E-state index contributed by atoms with van der Waals surface area (Å²) in [4.78, 5) is 28.4. The van der Waals surface area contributed by atoms with Crippen molar-refractivity contribution in [1.29, 1.82) is 5.41 Å². The first kappa shape index (κ1) is 21.5. The van der Waals surface area contributed by atoms with Crippen LogP contribution < -0.4 is 11.1 Å². The van der Waals surface area contributed by atoms with Crippen molar-refractivity contribution < 1.29 is 19.8 Å². The lowest BCUT2D eigenvalue weighted by Crippen LogP contribution is -2.63. The lowest BCUT2D eigenvalue weighted by Gasteiger charge is -2.46. The van der Waals surface area contributed by atoms with E-state index in [1.54, 1.807) is 18.7 Å². The summed E-state index contributed by atoms with van der Waals surface area (Å²) in [6, 6.07) is 0.456. The predicted octanol–water partition coefficient (Wildman–Crippen LogP) is 0.352. The molecule has 4 rings (SSSR count). The van der Waals surface area contributed by atoms with Gasteiger partial charge in [-0.3, -0.25) is 10.2 Å². The number of carboxylic acids is 1. The van der Waals surface area contributed by atoms with Crippen LogP contribution >= 0.6 is 11.8 Å². The van der Waals surface area contributed by atoms with Crippen molar-refractivity contribution in [2.45, 2.75) is 69.0 Å². The minimum atomic E-state index is -1.07. The number of aliphatic carboxylic acids is 1. The number of nitrogens with one attached hydrogen (secondary N) is 2. The number of β-lactam (4-membered cyclic amide) rings is 1. The maximum atomic E-state index is 12.4. The highest BCUT2D eigenvalue weighted by molar-refractivity contribution is 8.03. The summed E-state index contributed by atoms with van der Waals surface area (Å²) in [5.41, 5.74) is 5.73. The van der Waals surface area contributed by atoms with Gasteiger partial charge in [-0.25, -0.2) is 4.79 Å². The van der Waals surface area contributed by atoms with Gasteiger partial charge in [0.1, 0.15) is 5.70 Å². The predicted molar refractivity (Wildman–Crippen MR) is 114 cm³/mol. The molecule has 10 heteroatoms. The summed E-state index contributed by atoms with van der Waals surface area (Å²) < 4.78 is 0. The quantitative estimate of drug-likeness (QED) is 0.228. The number of nitrogens with two attached hydrogens (primary N) is 1. The number of rotatable bonds is 6. The molecule has 166 valence electrons. The molecular weight excluding hydrogens is 406 g/mol. The fourth-order valence-electron chi connectivity index (χ4n) is 5.32. The number of piperidine rings is 1. The van der Waals surface area contributed by atoms with Crippen molar-refractivity contribution in [3.63, 3.8) is 0 Å². The van der Waals surface area contributed by atoms with Gasteiger partial charge in [0.25, 0.3) is 0 Å². The molecule has 0 spiro atoms. The maximum absolute atomic E-state index is 12.4. The molecule has 3 heterocycles. The molecule has 2 saturated heterocycles. The normalized spacial score (nSPS) is 36.8. The molecule has 9 nitrogen and oxygen atoms in total. The van der Waals surface area contributed by atoms with Crippen LogP contribution in [-0.2, 0) is 9.59 Å². The van der Waals surface area contributed by atoms with Crippen LogP contribution in [0.15, 0.2) is 10.6 Å². The minimum absolute atomic E-state index is 0.0760. The average Bonchev–Trinajstić information content (AvgIpc) is 2.88. The minimum Gasteiger partial charge on any atom is -0.477 e. The molecule has 4 aliphatic rings. The second-order valence-corrected chi connectivity index (χ2v) is 10.4. The zero-order valence-corrected chi connectivity index (χ0v) is 18.2. The topological polar surface area (TPSA) is 143 Å². The largest absolute Gasteiger partial charge is 0.477 e. The lowest BCUT2D eigenvalue weighted by atomic mass is 9.79. The van der Waals surface area contributed by atoms with Crippen molar-refractivity contribution >= 4 is 29.6 Å². The van der Waals surface area contributed by atoms with E-state index in [9.17, 15) is 19.8 Å². The first-order chi connectivity index (χ1) is 14.2. The molecule has 30 heavy (non-hydrogen) atoms. The van der Waals surface area contributed by atoms with Gasteiger partial charge in [-0.2, -0.15) is 0 Å². The number of fused-ring (bicyclic) bond motifs is 1. The highest BCUT2D eigenvalue weighted by atomic mass is 32.2. The molecule has 0 aromatic heterocycles. The molecule has 5 atom stereocenters. The highest BCUT2D eigenvalue weighted by Crippen LogP contribution is 2.53. The maximum Gasteiger partial charge on any atom is 0.353 e. The summed E-state index contributed by atoms with van der Waals surface area (Å²) in [7, 11) is 0. The van der Waals surface area contributed by atoms with Crippen LogP contribution in [-0.4, -0.2) is 80.4 Å². The number of aliphatic hydroxyl groups is 1. The van der Waals surface area contributed by atoms with Gasteiger partial charge in [0.05, 0.1) is 18.1 Å². The summed E-state index contributed by atoms with van der Waals surface area (Å²) in [5.74, 6) is -1.81. The van der Waals surface area contributed by atoms with E-state index in [4.69, 9.17) is 11.1 Å². The zero-order valence-electron chi connectivity index (χ0n) is 17.4. The van der Waals surface area contributed by atoms with E-state index >= 15 is 0 Å². The van der Waals surface area contributed by atoms with Gasteiger partial charge in [0.2, 0.25) is 5.91 Å². The molecule has 0 bridgehead atoms. The van der Waals surface area contributed by atoms with Gasteiger partial charge in [0.15, 0.2) is 5.96 Å². The van der Waals surface area contributed by atoms with Crippen molar-refractivity contribution in [2.75, 3.05) is 13.1 Å². The van der Waals surface area contributed by atoms with Crippen LogP contribution in [0.3, 0.4) is 0 Å². The molecular formula is C20H31N5O4S. The van der Waals surface area contributed by atoms with Crippen molar-refractivity contribution in [1.82, 2.24) is 15.1 Å². The number of carbonyl (C=O) groups is 2. The van der Waals surface area contributed by atoms with Gasteiger partial charge in [-0.15, -0.1) is 11.8 Å². The number of hydrogen-bond acceptors (Lipinski definition) is 6. The van der Waals surface area contributed by atoms with E-state index in [-0.39, 0.29) is 29.5 Å². The Labute approximate surface area is 180 Å². The lowest BCUT2D eigenvalue weighted by molar-refractivity contribution is -0.163. The third-order valence-electron chi connectivity index (χ3n) is 6.93. The number of likely N-dealkylation sites (tertiary alicyclic amines) is 1. The van der Waals surface area contributed by atoms with Gasteiger partial charge < -0.3 is 31.1 Å². The van der Waals surface area contributed by atoms with Crippen LogP contribution in [0.2, 0.25) is 0 Å².